The minimum absolute atomic E-state index is 0.0870. The van der Waals surface area contributed by atoms with Gasteiger partial charge in [0.25, 0.3) is 5.91 Å². The standard InChI is InChI=1S/C20H10ClN3O2/c21-14-5-1-3-11-17(14)13-9-16(20(26)24-8-7-22-10-24)23-15-6-2-4-12(18(13)15)19(11)25/h1-10H. The molecule has 1 aliphatic carbocycles. The molecular weight excluding hydrogens is 350 g/mol. The SMILES string of the molecule is O=C1c2cccc(Cl)c2-c2cc(C(=O)n3ccnc3)nc3cccc1c23. The molecule has 5 nitrogen and oxygen atoms in total. The third kappa shape index (κ3) is 1.98. The van der Waals surface area contributed by atoms with Crippen LogP contribution in [-0.4, -0.2) is 26.2 Å². The van der Waals surface area contributed by atoms with Crippen molar-refractivity contribution in [2.45, 2.75) is 0 Å². The molecule has 0 saturated carbocycles. The lowest BCUT2D eigenvalue weighted by Crippen LogP contribution is -2.15. The molecule has 0 N–H and O–H groups in total. The number of hydrogen-bond acceptors (Lipinski definition) is 4. The van der Waals surface area contributed by atoms with Crippen LogP contribution in [0.1, 0.15) is 26.4 Å². The van der Waals surface area contributed by atoms with Crippen molar-refractivity contribution in [3.63, 3.8) is 0 Å². The first-order chi connectivity index (χ1) is 12.6. The molecule has 0 amide bonds. The van der Waals surface area contributed by atoms with Crippen LogP contribution in [0.3, 0.4) is 0 Å². The van der Waals surface area contributed by atoms with Crippen molar-refractivity contribution in [2.75, 3.05) is 0 Å². The number of imidazole rings is 1. The van der Waals surface area contributed by atoms with Crippen LogP contribution in [-0.2, 0) is 0 Å². The second kappa shape index (κ2) is 5.34. The number of benzene rings is 2. The first kappa shape index (κ1) is 15.0. The van der Waals surface area contributed by atoms with Crippen LogP contribution < -0.4 is 0 Å². The molecule has 6 heteroatoms. The highest BCUT2D eigenvalue weighted by molar-refractivity contribution is 6.37. The molecule has 5 rings (SSSR count). The van der Waals surface area contributed by atoms with Crippen LogP contribution in [0.5, 0.6) is 0 Å². The summed E-state index contributed by atoms with van der Waals surface area (Å²) in [6.45, 7) is 0. The Balaban J connectivity index is 1.88. The van der Waals surface area contributed by atoms with Gasteiger partial charge < -0.3 is 0 Å². The first-order valence-electron chi connectivity index (χ1n) is 7.95. The Morgan fingerprint density at radius 3 is 2.65 bits per heavy atom. The van der Waals surface area contributed by atoms with Gasteiger partial charge in [0.15, 0.2) is 5.78 Å². The van der Waals surface area contributed by atoms with Crippen molar-refractivity contribution in [2.24, 2.45) is 0 Å². The van der Waals surface area contributed by atoms with E-state index >= 15 is 0 Å². The van der Waals surface area contributed by atoms with Crippen molar-refractivity contribution in [3.05, 3.63) is 83.0 Å². The van der Waals surface area contributed by atoms with Gasteiger partial charge in [-0.1, -0.05) is 35.9 Å². The summed E-state index contributed by atoms with van der Waals surface area (Å²) in [7, 11) is 0. The average Bonchev–Trinajstić information content (AvgIpc) is 3.19. The number of ketones is 1. The van der Waals surface area contributed by atoms with Crippen LogP contribution in [0.4, 0.5) is 0 Å². The number of aromatic nitrogens is 3. The largest absolute Gasteiger partial charge is 0.289 e. The van der Waals surface area contributed by atoms with Crippen molar-refractivity contribution in [3.8, 4) is 11.1 Å². The summed E-state index contributed by atoms with van der Waals surface area (Å²) in [6, 6.07) is 12.3. The van der Waals surface area contributed by atoms with E-state index in [1.54, 1.807) is 48.7 Å². The van der Waals surface area contributed by atoms with Gasteiger partial charge in [0.2, 0.25) is 0 Å². The van der Waals surface area contributed by atoms with Gasteiger partial charge in [0, 0.05) is 39.5 Å². The number of nitrogens with zero attached hydrogens (tertiary/aromatic N) is 3. The van der Waals surface area contributed by atoms with E-state index in [4.69, 9.17) is 11.6 Å². The van der Waals surface area contributed by atoms with Crippen molar-refractivity contribution in [1.82, 2.24) is 14.5 Å². The highest BCUT2D eigenvalue weighted by atomic mass is 35.5. The second-order valence-electron chi connectivity index (χ2n) is 6.02. The lowest BCUT2D eigenvalue weighted by molar-refractivity contribution is 0.0954. The summed E-state index contributed by atoms with van der Waals surface area (Å²) < 4.78 is 1.37. The number of halogens is 1. The van der Waals surface area contributed by atoms with Gasteiger partial charge in [-0.25, -0.2) is 9.97 Å². The molecule has 2 aromatic heterocycles. The normalized spacial score (nSPS) is 12.3. The van der Waals surface area contributed by atoms with Crippen molar-refractivity contribution in [1.29, 1.82) is 0 Å². The predicted octanol–water partition coefficient (Wildman–Crippen LogP) is 3.98. The number of carbonyl (C=O) groups is 2. The summed E-state index contributed by atoms with van der Waals surface area (Å²) in [5, 5.41) is 1.19. The highest BCUT2D eigenvalue weighted by Crippen LogP contribution is 2.42. The maximum absolute atomic E-state index is 12.9. The zero-order valence-electron chi connectivity index (χ0n) is 13.3. The topological polar surface area (TPSA) is 64.8 Å². The molecule has 1 aliphatic rings. The van der Waals surface area contributed by atoms with Gasteiger partial charge in [-0.05, 0) is 23.8 Å². The fourth-order valence-corrected chi connectivity index (χ4v) is 3.70. The zero-order chi connectivity index (χ0) is 17.8. The van der Waals surface area contributed by atoms with Crippen molar-refractivity contribution >= 4 is 34.2 Å². The molecule has 0 radical (unpaired) electrons. The molecule has 0 atom stereocenters. The minimum Gasteiger partial charge on any atom is -0.289 e. The average molecular weight is 360 g/mol. The molecule has 0 bridgehead atoms. The number of hydrogen-bond donors (Lipinski definition) is 0. The van der Waals surface area contributed by atoms with Gasteiger partial charge in [-0.2, -0.15) is 0 Å². The Morgan fingerprint density at radius 1 is 1.04 bits per heavy atom. The number of carbonyl (C=O) groups excluding carboxylic acids is 2. The number of rotatable bonds is 1. The molecular formula is C20H10ClN3O2. The van der Waals surface area contributed by atoms with Gasteiger partial charge in [0.1, 0.15) is 12.0 Å². The summed E-state index contributed by atoms with van der Waals surface area (Å²) in [6.07, 6.45) is 4.53. The summed E-state index contributed by atoms with van der Waals surface area (Å²) in [4.78, 5) is 34.0. The van der Waals surface area contributed by atoms with Crippen molar-refractivity contribution < 1.29 is 9.59 Å². The van der Waals surface area contributed by atoms with E-state index in [2.05, 4.69) is 9.97 Å². The number of pyridine rings is 1. The third-order valence-electron chi connectivity index (χ3n) is 4.56. The lowest BCUT2D eigenvalue weighted by Gasteiger charge is -2.21. The predicted molar refractivity (Wildman–Crippen MR) is 97.6 cm³/mol. The Morgan fingerprint density at radius 2 is 1.85 bits per heavy atom. The van der Waals surface area contributed by atoms with E-state index in [1.165, 1.54) is 17.1 Å². The Kier molecular flexibility index (Phi) is 3.08. The molecule has 2 aromatic carbocycles. The van der Waals surface area contributed by atoms with Crippen LogP contribution in [0.15, 0.2) is 61.2 Å². The Hall–Kier alpha value is -3.31. The molecule has 0 saturated heterocycles. The molecule has 2 heterocycles. The molecule has 124 valence electrons. The van der Waals surface area contributed by atoms with Crippen LogP contribution in [0.2, 0.25) is 5.02 Å². The van der Waals surface area contributed by atoms with Crippen LogP contribution in [0, 0.1) is 0 Å². The van der Waals surface area contributed by atoms with E-state index in [1.807, 2.05) is 0 Å². The smallest absolute Gasteiger partial charge is 0.281 e. The molecule has 26 heavy (non-hydrogen) atoms. The van der Waals surface area contributed by atoms with E-state index in [-0.39, 0.29) is 17.4 Å². The second-order valence-corrected chi connectivity index (χ2v) is 6.43. The quantitative estimate of drug-likeness (QED) is 0.454. The maximum Gasteiger partial charge on any atom is 0.281 e. The molecule has 0 spiro atoms. The Bertz CT molecular complexity index is 1230. The summed E-state index contributed by atoms with van der Waals surface area (Å²) in [5.41, 5.74) is 3.34. The van der Waals surface area contributed by atoms with Crippen LogP contribution in [0.25, 0.3) is 22.0 Å². The van der Waals surface area contributed by atoms with Gasteiger partial charge in [-0.3, -0.25) is 14.2 Å². The fraction of sp³-hybridized carbons (Fsp3) is 0. The van der Waals surface area contributed by atoms with Gasteiger partial charge in [0.05, 0.1) is 5.52 Å². The van der Waals surface area contributed by atoms with E-state index in [9.17, 15) is 9.59 Å². The number of fused-ring (bicyclic) bond motifs is 2. The molecule has 0 unspecified atom stereocenters. The zero-order valence-corrected chi connectivity index (χ0v) is 14.1. The first-order valence-corrected chi connectivity index (χ1v) is 8.33. The fourth-order valence-electron chi connectivity index (χ4n) is 3.43. The molecule has 0 aliphatic heterocycles. The molecule has 4 aromatic rings. The lowest BCUT2D eigenvalue weighted by atomic mass is 9.84. The maximum atomic E-state index is 12.9. The third-order valence-corrected chi connectivity index (χ3v) is 4.88. The highest BCUT2D eigenvalue weighted by Gasteiger charge is 2.28. The van der Waals surface area contributed by atoms with E-state index < -0.39 is 0 Å². The summed E-state index contributed by atoms with van der Waals surface area (Å²) >= 11 is 6.42. The summed E-state index contributed by atoms with van der Waals surface area (Å²) in [5.74, 6) is -0.382. The van der Waals surface area contributed by atoms with E-state index in [0.717, 1.165) is 10.9 Å². The van der Waals surface area contributed by atoms with Crippen LogP contribution >= 0.6 is 11.6 Å². The molecule has 0 fully saturated rings. The minimum atomic E-state index is -0.295. The Labute approximate surface area is 152 Å². The van der Waals surface area contributed by atoms with Gasteiger partial charge >= 0.3 is 0 Å². The van der Waals surface area contributed by atoms with Gasteiger partial charge in [-0.15, -0.1) is 0 Å². The monoisotopic (exact) mass is 359 g/mol. The van der Waals surface area contributed by atoms with E-state index in [0.29, 0.717) is 27.2 Å².